The highest BCUT2D eigenvalue weighted by atomic mass is 16.5. The minimum atomic E-state index is 0.714. The highest BCUT2D eigenvalue weighted by Crippen LogP contribution is 2.29. The topological polar surface area (TPSA) is 47.1 Å². The fourth-order valence-electron chi connectivity index (χ4n) is 2.59. The van der Waals surface area contributed by atoms with Crippen molar-refractivity contribution in [3.05, 3.63) is 65.4 Å². The number of nitrogens with one attached hydrogen (secondary N) is 1. The molecule has 0 fully saturated rings. The quantitative estimate of drug-likeness (QED) is 0.749. The molecule has 0 aliphatic rings. The second-order valence-corrected chi connectivity index (χ2v) is 5.42. The molecule has 0 saturated heterocycles. The predicted octanol–water partition coefficient (Wildman–Crippen LogP) is 4.57. The van der Waals surface area contributed by atoms with Crippen LogP contribution in [-0.4, -0.2) is 24.4 Å². The zero-order chi connectivity index (χ0) is 16.9. The summed E-state index contributed by atoms with van der Waals surface area (Å²) in [6.45, 7) is 2.07. The number of nitrogens with zero attached hydrogens (tertiary/aromatic N) is 1. The van der Waals surface area contributed by atoms with Crippen LogP contribution in [0.5, 0.6) is 11.5 Å². The minimum absolute atomic E-state index is 0.714. The average molecular weight is 320 g/mol. The van der Waals surface area contributed by atoms with Crippen molar-refractivity contribution >= 4 is 12.2 Å². The first kappa shape index (κ1) is 15.9. The Labute approximate surface area is 141 Å². The van der Waals surface area contributed by atoms with E-state index in [9.17, 15) is 0 Å². The highest BCUT2D eigenvalue weighted by molar-refractivity contribution is 5.74. The number of rotatable bonds is 5. The van der Waals surface area contributed by atoms with Gasteiger partial charge in [-0.3, -0.25) is 5.10 Å². The van der Waals surface area contributed by atoms with Gasteiger partial charge in [0.1, 0.15) is 0 Å². The van der Waals surface area contributed by atoms with Gasteiger partial charge in [-0.2, -0.15) is 5.10 Å². The molecule has 0 spiro atoms. The van der Waals surface area contributed by atoms with E-state index >= 15 is 0 Å². The third-order valence-corrected chi connectivity index (χ3v) is 3.94. The fraction of sp³-hybridized carbons (Fsp3) is 0.150. The minimum Gasteiger partial charge on any atom is -0.493 e. The van der Waals surface area contributed by atoms with Crippen molar-refractivity contribution in [2.75, 3.05) is 14.2 Å². The van der Waals surface area contributed by atoms with Crippen molar-refractivity contribution in [1.29, 1.82) is 0 Å². The van der Waals surface area contributed by atoms with Crippen LogP contribution in [0.4, 0.5) is 0 Å². The van der Waals surface area contributed by atoms with E-state index in [0.717, 1.165) is 33.8 Å². The van der Waals surface area contributed by atoms with Gasteiger partial charge >= 0.3 is 0 Å². The predicted molar refractivity (Wildman–Crippen MR) is 97.2 cm³/mol. The Morgan fingerprint density at radius 1 is 0.917 bits per heavy atom. The van der Waals surface area contributed by atoms with Crippen molar-refractivity contribution in [2.24, 2.45) is 0 Å². The maximum Gasteiger partial charge on any atom is 0.161 e. The molecule has 0 bridgehead atoms. The Morgan fingerprint density at radius 3 is 2.38 bits per heavy atom. The molecule has 1 heterocycles. The number of hydrogen-bond donors (Lipinski definition) is 1. The number of aromatic nitrogens is 2. The van der Waals surface area contributed by atoms with E-state index in [1.54, 1.807) is 14.2 Å². The second kappa shape index (κ2) is 7.04. The molecule has 122 valence electrons. The average Bonchev–Trinajstić information content (AvgIpc) is 3.01. The molecule has 0 unspecified atom stereocenters. The molecule has 24 heavy (non-hydrogen) atoms. The van der Waals surface area contributed by atoms with Crippen LogP contribution in [-0.2, 0) is 0 Å². The standard InChI is InChI=1S/C20H20N2O2/c1-14-17(21-22-20(14)16-7-5-4-6-8-16)11-9-15-10-12-18(23-2)19(13-15)24-3/h4-13H,1-3H3,(H,21,22)/b11-9+. The largest absolute Gasteiger partial charge is 0.493 e. The van der Waals surface area contributed by atoms with E-state index in [1.165, 1.54) is 0 Å². The number of methoxy groups -OCH3 is 2. The van der Waals surface area contributed by atoms with Crippen LogP contribution >= 0.6 is 0 Å². The van der Waals surface area contributed by atoms with E-state index < -0.39 is 0 Å². The third kappa shape index (κ3) is 3.18. The number of aromatic amines is 1. The summed E-state index contributed by atoms with van der Waals surface area (Å²) in [5.74, 6) is 1.43. The van der Waals surface area contributed by atoms with Gasteiger partial charge < -0.3 is 9.47 Å². The molecular formula is C20H20N2O2. The molecule has 4 heteroatoms. The van der Waals surface area contributed by atoms with Crippen molar-refractivity contribution in [3.8, 4) is 22.8 Å². The first-order valence-electron chi connectivity index (χ1n) is 7.73. The number of benzene rings is 2. The Balaban J connectivity index is 1.87. The van der Waals surface area contributed by atoms with Crippen molar-refractivity contribution in [3.63, 3.8) is 0 Å². The molecule has 3 rings (SSSR count). The molecule has 0 saturated carbocycles. The number of hydrogen-bond acceptors (Lipinski definition) is 3. The van der Waals surface area contributed by atoms with E-state index in [1.807, 2.05) is 48.6 Å². The molecule has 3 aromatic rings. The first-order chi connectivity index (χ1) is 11.7. The van der Waals surface area contributed by atoms with Crippen molar-refractivity contribution in [1.82, 2.24) is 10.2 Å². The zero-order valence-electron chi connectivity index (χ0n) is 14.0. The van der Waals surface area contributed by atoms with Crippen LogP contribution in [0.25, 0.3) is 23.4 Å². The second-order valence-electron chi connectivity index (χ2n) is 5.42. The molecule has 0 atom stereocenters. The third-order valence-electron chi connectivity index (χ3n) is 3.94. The monoisotopic (exact) mass is 320 g/mol. The van der Waals surface area contributed by atoms with Gasteiger partial charge in [-0.1, -0.05) is 42.5 Å². The maximum atomic E-state index is 5.34. The summed E-state index contributed by atoms with van der Waals surface area (Å²) in [6.07, 6.45) is 4.05. The Bertz CT molecular complexity index is 851. The Kier molecular flexibility index (Phi) is 4.66. The van der Waals surface area contributed by atoms with E-state index in [4.69, 9.17) is 9.47 Å². The summed E-state index contributed by atoms with van der Waals surface area (Å²) in [4.78, 5) is 0. The van der Waals surface area contributed by atoms with Gasteiger partial charge in [0, 0.05) is 11.1 Å². The summed E-state index contributed by atoms with van der Waals surface area (Å²) >= 11 is 0. The SMILES string of the molecule is COc1ccc(/C=C/c2[nH]nc(-c3ccccc3)c2C)cc1OC. The molecular weight excluding hydrogens is 300 g/mol. The van der Waals surface area contributed by atoms with E-state index in [-0.39, 0.29) is 0 Å². The van der Waals surface area contributed by atoms with Gasteiger partial charge in [0.05, 0.1) is 25.6 Å². The van der Waals surface area contributed by atoms with E-state index in [0.29, 0.717) is 5.75 Å². The van der Waals surface area contributed by atoms with Crippen LogP contribution in [0.3, 0.4) is 0 Å². The first-order valence-corrected chi connectivity index (χ1v) is 7.73. The lowest BCUT2D eigenvalue weighted by Crippen LogP contribution is -1.90. The Hall–Kier alpha value is -3.01. The van der Waals surface area contributed by atoms with Gasteiger partial charge in [0.2, 0.25) is 0 Å². The summed E-state index contributed by atoms with van der Waals surface area (Å²) in [5, 5.41) is 7.54. The molecule has 0 radical (unpaired) electrons. The van der Waals surface area contributed by atoms with Crippen LogP contribution in [0.1, 0.15) is 16.8 Å². The van der Waals surface area contributed by atoms with Crippen LogP contribution in [0.2, 0.25) is 0 Å². The molecule has 1 aromatic heterocycles. The molecule has 0 amide bonds. The van der Waals surface area contributed by atoms with Gasteiger partial charge in [-0.15, -0.1) is 0 Å². The maximum absolute atomic E-state index is 5.34. The van der Waals surface area contributed by atoms with Crippen LogP contribution < -0.4 is 9.47 Å². The molecule has 0 aliphatic carbocycles. The summed E-state index contributed by atoms with van der Waals surface area (Å²) < 4.78 is 10.6. The Morgan fingerprint density at radius 2 is 1.67 bits per heavy atom. The zero-order valence-corrected chi connectivity index (χ0v) is 14.0. The molecule has 2 aromatic carbocycles. The summed E-state index contributed by atoms with van der Waals surface area (Å²) in [5.41, 5.74) is 5.23. The number of H-pyrrole nitrogens is 1. The van der Waals surface area contributed by atoms with Gasteiger partial charge in [0.15, 0.2) is 11.5 Å². The van der Waals surface area contributed by atoms with Gasteiger partial charge in [0.25, 0.3) is 0 Å². The smallest absolute Gasteiger partial charge is 0.161 e. The van der Waals surface area contributed by atoms with Gasteiger partial charge in [-0.05, 0) is 30.7 Å². The molecule has 0 aliphatic heterocycles. The van der Waals surface area contributed by atoms with Crippen molar-refractivity contribution in [2.45, 2.75) is 6.92 Å². The fourth-order valence-corrected chi connectivity index (χ4v) is 2.59. The summed E-state index contributed by atoms with van der Waals surface area (Å²) in [6, 6.07) is 16.0. The lowest BCUT2D eigenvalue weighted by molar-refractivity contribution is 0.355. The lowest BCUT2D eigenvalue weighted by Gasteiger charge is -2.07. The van der Waals surface area contributed by atoms with E-state index in [2.05, 4.69) is 29.3 Å². The number of ether oxygens (including phenoxy) is 2. The van der Waals surface area contributed by atoms with Gasteiger partial charge in [-0.25, -0.2) is 0 Å². The lowest BCUT2D eigenvalue weighted by atomic mass is 10.1. The summed E-state index contributed by atoms with van der Waals surface area (Å²) in [7, 11) is 3.27. The normalized spacial score (nSPS) is 11.0. The van der Waals surface area contributed by atoms with Crippen LogP contribution in [0, 0.1) is 6.92 Å². The highest BCUT2D eigenvalue weighted by Gasteiger charge is 2.08. The molecule has 1 N–H and O–H groups in total. The molecule has 4 nitrogen and oxygen atoms in total. The van der Waals surface area contributed by atoms with Crippen LogP contribution in [0.15, 0.2) is 48.5 Å². The van der Waals surface area contributed by atoms with Crippen molar-refractivity contribution < 1.29 is 9.47 Å².